The van der Waals surface area contributed by atoms with Gasteiger partial charge in [0.2, 0.25) is 0 Å². The van der Waals surface area contributed by atoms with E-state index in [9.17, 15) is 0 Å². The van der Waals surface area contributed by atoms with Crippen LogP contribution in [0.5, 0.6) is 0 Å². The lowest BCUT2D eigenvalue weighted by atomic mass is 10.3. The highest BCUT2D eigenvalue weighted by Crippen LogP contribution is 2.29. The van der Waals surface area contributed by atoms with Crippen LogP contribution in [0.15, 0.2) is 39.4 Å². The Balaban J connectivity index is 2.28. The number of nitrogen functional groups attached to an aromatic ring is 1. The molecule has 0 fully saturated rings. The van der Waals surface area contributed by atoms with E-state index in [2.05, 4.69) is 42.2 Å². The molecule has 0 spiro atoms. The lowest BCUT2D eigenvalue weighted by Gasteiger charge is -2.08. The number of nitrogens with one attached hydrogen (secondary N) is 1. The summed E-state index contributed by atoms with van der Waals surface area (Å²) < 4.78 is 1.66. The first-order valence-corrected chi connectivity index (χ1v) is 6.66. The Morgan fingerprint density at radius 2 is 1.94 bits per heavy atom. The number of hydrogen-bond donors (Lipinski definition) is 2. The third-order valence-electron chi connectivity index (χ3n) is 2.04. The van der Waals surface area contributed by atoms with E-state index in [0.29, 0.717) is 16.5 Å². The zero-order valence-electron chi connectivity index (χ0n) is 8.55. The second-order valence-electron chi connectivity index (χ2n) is 3.35. The standard InChI is InChI=1S/C11H8Br2ClN3/c12-8-2-1-7(4-10(8)14)17-11-9(13)3-6(15)5-16-11/h1-5H,15H2,(H,16,17). The fourth-order valence-electron chi connectivity index (χ4n) is 1.26. The smallest absolute Gasteiger partial charge is 0.144 e. The van der Waals surface area contributed by atoms with Crippen LogP contribution in [0, 0.1) is 0 Å². The van der Waals surface area contributed by atoms with Crippen molar-refractivity contribution in [3.8, 4) is 0 Å². The number of hydrogen-bond acceptors (Lipinski definition) is 3. The van der Waals surface area contributed by atoms with Crippen LogP contribution in [0.2, 0.25) is 5.02 Å². The number of nitrogens with two attached hydrogens (primary N) is 1. The highest BCUT2D eigenvalue weighted by molar-refractivity contribution is 9.11. The summed E-state index contributed by atoms with van der Waals surface area (Å²) in [5.41, 5.74) is 7.08. The molecule has 6 heteroatoms. The van der Waals surface area contributed by atoms with Gasteiger partial charge in [-0.15, -0.1) is 0 Å². The largest absolute Gasteiger partial charge is 0.397 e. The predicted octanol–water partition coefficient (Wildman–Crippen LogP) is 4.59. The Bertz CT molecular complexity index is 560. The van der Waals surface area contributed by atoms with E-state index < -0.39 is 0 Å². The minimum Gasteiger partial charge on any atom is -0.397 e. The first-order chi connectivity index (χ1) is 8.06. The minimum absolute atomic E-state index is 0.608. The molecule has 88 valence electrons. The Hall–Kier alpha value is -0.780. The molecule has 0 saturated heterocycles. The maximum Gasteiger partial charge on any atom is 0.144 e. The molecule has 0 aliphatic heterocycles. The quantitative estimate of drug-likeness (QED) is 0.805. The van der Waals surface area contributed by atoms with Gasteiger partial charge in [0.05, 0.1) is 21.4 Å². The Morgan fingerprint density at radius 3 is 2.59 bits per heavy atom. The van der Waals surface area contributed by atoms with E-state index in [1.165, 1.54) is 0 Å². The van der Waals surface area contributed by atoms with Gasteiger partial charge in [-0.2, -0.15) is 0 Å². The summed E-state index contributed by atoms with van der Waals surface area (Å²) in [6.45, 7) is 0. The molecule has 0 aliphatic rings. The summed E-state index contributed by atoms with van der Waals surface area (Å²) in [7, 11) is 0. The highest BCUT2D eigenvalue weighted by atomic mass is 79.9. The van der Waals surface area contributed by atoms with Crippen molar-refractivity contribution in [2.75, 3.05) is 11.1 Å². The van der Waals surface area contributed by atoms with E-state index in [-0.39, 0.29) is 0 Å². The number of halogens is 3. The fraction of sp³-hybridized carbons (Fsp3) is 0. The predicted molar refractivity (Wildman–Crippen MR) is 78.8 cm³/mol. The van der Waals surface area contributed by atoms with Gasteiger partial charge in [-0.1, -0.05) is 11.6 Å². The van der Waals surface area contributed by atoms with Gasteiger partial charge in [-0.25, -0.2) is 4.98 Å². The second-order valence-corrected chi connectivity index (χ2v) is 5.47. The summed E-state index contributed by atoms with van der Waals surface area (Å²) in [5.74, 6) is 0.692. The lowest BCUT2D eigenvalue weighted by Crippen LogP contribution is -1.96. The SMILES string of the molecule is Nc1cnc(Nc2ccc(Br)c(Cl)c2)c(Br)c1. The van der Waals surface area contributed by atoms with Crippen LogP contribution < -0.4 is 11.1 Å². The van der Waals surface area contributed by atoms with Gasteiger partial charge in [-0.3, -0.25) is 0 Å². The van der Waals surface area contributed by atoms with E-state index >= 15 is 0 Å². The molecule has 1 heterocycles. The molecule has 2 aromatic rings. The molecular weight excluding hydrogens is 369 g/mol. The van der Waals surface area contributed by atoms with Gasteiger partial charge in [0, 0.05) is 10.2 Å². The number of nitrogens with zero attached hydrogens (tertiary/aromatic N) is 1. The first kappa shape index (κ1) is 12.7. The van der Waals surface area contributed by atoms with Crippen molar-refractivity contribution in [1.82, 2.24) is 4.98 Å². The van der Waals surface area contributed by atoms with Crippen molar-refractivity contribution in [1.29, 1.82) is 0 Å². The maximum atomic E-state index is 6.01. The number of pyridine rings is 1. The minimum atomic E-state index is 0.608. The second kappa shape index (κ2) is 5.25. The van der Waals surface area contributed by atoms with Crippen LogP contribution in [-0.4, -0.2) is 4.98 Å². The van der Waals surface area contributed by atoms with Crippen LogP contribution in [0.3, 0.4) is 0 Å². The van der Waals surface area contributed by atoms with Gasteiger partial charge in [-0.05, 0) is 56.1 Å². The van der Waals surface area contributed by atoms with Crippen molar-refractivity contribution in [3.05, 3.63) is 44.4 Å². The number of anilines is 3. The Labute approximate surface area is 121 Å². The van der Waals surface area contributed by atoms with Crippen molar-refractivity contribution >= 4 is 60.7 Å². The Morgan fingerprint density at radius 1 is 1.18 bits per heavy atom. The molecule has 2 rings (SSSR count). The number of aromatic nitrogens is 1. The maximum absolute atomic E-state index is 6.01. The Kier molecular flexibility index (Phi) is 3.91. The lowest BCUT2D eigenvalue weighted by molar-refractivity contribution is 1.29. The summed E-state index contributed by atoms with van der Waals surface area (Å²) in [6.07, 6.45) is 1.59. The van der Waals surface area contributed by atoms with Gasteiger partial charge >= 0.3 is 0 Å². The van der Waals surface area contributed by atoms with E-state index in [1.54, 1.807) is 12.3 Å². The van der Waals surface area contributed by atoms with Gasteiger partial charge in [0.1, 0.15) is 5.82 Å². The number of benzene rings is 1. The fourth-order valence-corrected chi connectivity index (χ4v) is 2.15. The molecule has 0 saturated carbocycles. The molecule has 1 aromatic heterocycles. The van der Waals surface area contributed by atoms with E-state index in [1.807, 2.05) is 18.2 Å². The van der Waals surface area contributed by atoms with Crippen LogP contribution in [-0.2, 0) is 0 Å². The summed E-state index contributed by atoms with van der Waals surface area (Å²) >= 11 is 12.7. The first-order valence-electron chi connectivity index (χ1n) is 4.69. The highest BCUT2D eigenvalue weighted by Gasteiger charge is 2.04. The summed E-state index contributed by atoms with van der Waals surface area (Å²) in [4.78, 5) is 4.19. The molecule has 0 bridgehead atoms. The van der Waals surface area contributed by atoms with E-state index in [0.717, 1.165) is 14.6 Å². The van der Waals surface area contributed by atoms with Crippen molar-refractivity contribution < 1.29 is 0 Å². The molecule has 0 amide bonds. The summed E-state index contributed by atoms with van der Waals surface area (Å²) in [6, 6.07) is 7.38. The van der Waals surface area contributed by atoms with Crippen molar-refractivity contribution in [2.24, 2.45) is 0 Å². The third-order valence-corrected chi connectivity index (χ3v) is 3.88. The zero-order valence-corrected chi connectivity index (χ0v) is 12.5. The van der Waals surface area contributed by atoms with Gasteiger partial charge in [0.25, 0.3) is 0 Å². The molecule has 1 aromatic carbocycles. The monoisotopic (exact) mass is 375 g/mol. The molecular formula is C11H8Br2ClN3. The molecule has 3 N–H and O–H groups in total. The number of rotatable bonds is 2. The van der Waals surface area contributed by atoms with Crippen molar-refractivity contribution in [3.63, 3.8) is 0 Å². The molecule has 0 unspecified atom stereocenters. The van der Waals surface area contributed by atoms with Gasteiger partial charge < -0.3 is 11.1 Å². The molecule has 0 atom stereocenters. The average molecular weight is 377 g/mol. The topological polar surface area (TPSA) is 50.9 Å². The summed E-state index contributed by atoms with van der Waals surface area (Å²) in [5, 5.41) is 3.79. The molecule has 0 aliphatic carbocycles. The van der Waals surface area contributed by atoms with Crippen LogP contribution in [0.25, 0.3) is 0 Å². The molecule has 3 nitrogen and oxygen atoms in total. The molecule has 17 heavy (non-hydrogen) atoms. The normalized spacial score (nSPS) is 10.3. The van der Waals surface area contributed by atoms with Crippen LogP contribution >= 0.6 is 43.5 Å². The van der Waals surface area contributed by atoms with Crippen LogP contribution in [0.1, 0.15) is 0 Å². The van der Waals surface area contributed by atoms with Crippen molar-refractivity contribution in [2.45, 2.75) is 0 Å². The van der Waals surface area contributed by atoms with Crippen LogP contribution in [0.4, 0.5) is 17.2 Å². The third kappa shape index (κ3) is 3.12. The zero-order chi connectivity index (χ0) is 12.4. The molecule has 0 radical (unpaired) electrons. The van der Waals surface area contributed by atoms with E-state index in [4.69, 9.17) is 17.3 Å². The van der Waals surface area contributed by atoms with Gasteiger partial charge in [0.15, 0.2) is 0 Å². The average Bonchev–Trinajstić information content (AvgIpc) is 2.27.